The van der Waals surface area contributed by atoms with Crippen LogP contribution in [-0.4, -0.2) is 21.5 Å². The lowest BCUT2D eigenvalue weighted by Gasteiger charge is -2.20. The second-order valence-electron chi connectivity index (χ2n) is 4.30. The standard InChI is InChI=1S/C12H11ClN4O/c1-7-2-9-10(16-12(7)13)5-17(11(9)6-18)8-3-14-15-4-8/h2-4,6,11H,5H2,1H3,(H,14,15). The summed E-state index contributed by atoms with van der Waals surface area (Å²) in [6, 6.07) is 1.62. The average Bonchev–Trinajstić information content (AvgIpc) is 2.96. The number of nitrogens with one attached hydrogen (secondary N) is 1. The molecule has 5 nitrogen and oxygen atoms in total. The molecule has 0 aromatic carbocycles. The summed E-state index contributed by atoms with van der Waals surface area (Å²) in [6.07, 6.45) is 4.38. The number of carbonyl (C=O) groups is 1. The molecule has 0 aliphatic carbocycles. The molecule has 3 rings (SSSR count). The van der Waals surface area contributed by atoms with E-state index in [-0.39, 0.29) is 6.04 Å². The number of carbonyl (C=O) groups excluding carboxylic acids is 1. The van der Waals surface area contributed by atoms with Gasteiger partial charge in [-0.2, -0.15) is 5.10 Å². The molecule has 0 fully saturated rings. The zero-order chi connectivity index (χ0) is 12.7. The van der Waals surface area contributed by atoms with Crippen molar-refractivity contribution in [2.75, 3.05) is 4.90 Å². The number of hydrogen-bond acceptors (Lipinski definition) is 4. The van der Waals surface area contributed by atoms with Crippen molar-refractivity contribution in [2.45, 2.75) is 19.5 Å². The van der Waals surface area contributed by atoms with Crippen LogP contribution in [0.4, 0.5) is 5.69 Å². The fraction of sp³-hybridized carbons (Fsp3) is 0.250. The summed E-state index contributed by atoms with van der Waals surface area (Å²) in [7, 11) is 0. The van der Waals surface area contributed by atoms with E-state index in [1.165, 1.54) is 0 Å². The Bertz CT molecular complexity index is 596. The smallest absolute Gasteiger partial charge is 0.147 e. The molecular weight excluding hydrogens is 252 g/mol. The number of aryl methyl sites for hydroxylation is 1. The first-order valence-corrected chi connectivity index (χ1v) is 5.95. The lowest BCUT2D eigenvalue weighted by molar-refractivity contribution is -0.108. The molecule has 0 spiro atoms. The van der Waals surface area contributed by atoms with Gasteiger partial charge < -0.3 is 9.69 Å². The zero-order valence-electron chi connectivity index (χ0n) is 9.72. The van der Waals surface area contributed by atoms with Crippen molar-refractivity contribution in [2.24, 2.45) is 0 Å². The van der Waals surface area contributed by atoms with E-state index < -0.39 is 0 Å². The van der Waals surface area contributed by atoms with Crippen LogP contribution >= 0.6 is 11.6 Å². The molecule has 1 atom stereocenters. The molecule has 1 aliphatic rings. The van der Waals surface area contributed by atoms with Gasteiger partial charge >= 0.3 is 0 Å². The van der Waals surface area contributed by atoms with Gasteiger partial charge in [-0.25, -0.2) is 4.98 Å². The lowest BCUT2D eigenvalue weighted by Crippen LogP contribution is -2.21. The van der Waals surface area contributed by atoms with Gasteiger partial charge in [-0.1, -0.05) is 11.6 Å². The maximum atomic E-state index is 11.3. The van der Waals surface area contributed by atoms with Crippen LogP contribution in [0.1, 0.15) is 22.9 Å². The molecular formula is C12H11ClN4O. The first-order valence-electron chi connectivity index (χ1n) is 5.57. The first kappa shape index (κ1) is 11.2. The van der Waals surface area contributed by atoms with Crippen LogP contribution < -0.4 is 4.90 Å². The predicted octanol–water partition coefficient (Wildman–Crippen LogP) is 2.03. The van der Waals surface area contributed by atoms with Crippen molar-refractivity contribution in [1.29, 1.82) is 0 Å². The van der Waals surface area contributed by atoms with Gasteiger partial charge in [0, 0.05) is 11.8 Å². The molecule has 0 amide bonds. The summed E-state index contributed by atoms with van der Waals surface area (Å²) < 4.78 is 0. The van der Waals surface area contributed by atoms with Gasteiger partial charge in [0.1, 0.15) is 17.5 Å². The first-order chi connectivity index (χ1) is 8.70. The fourth-order valence-corrected chi connectivity index (χ4v) is 2.41. The Balaban J connectivity index is 2.07. The Morgan fingerprint density at radius 1 is 1.61 bits per heavy atom. The average molecular weight is 263 g/mol. The fourth-order valence-electron chi connectivity index (χ4n) is 2.26. The number of halogens is 1. The van der Waals surface area contributed by atoms with Crippen molar-refractivity contribution in [3.05, 3.63) is 40.4 Å². The van der Waals surface area contributed by atoms with E-state index in [1.807, 2.05) is 17.9 Å². The minimum absolute atomic E-state index is 0.318. The third-order valence-corrected chi connectivity index (χ3v) is 3.57. The van der Waals surface area contributed by atoms with Gasteiger partial charge in [0.2, 0.25) is 0 Å². The minimum Gasteiger partial charge on any atom is -0.349 e. The monoisotopic (exact) mass is 262 g/mol. The molecule has 3 heterocycles. The molecule has 0 saturated carbocycles. The molecule has 0 radical (unpaired) electrons. The molecule has 2 aromatic heterocycles. The van der Waals surface area contributed by atoms with E-state index in [0.717, 1.165) is 28.8 Å². The van der Waals surface area contributed by atoms with E-state index in [4.69, 9.17) is 11.6 Å². The van der Waals surface area contributed by atoms with Gasteiger partial charge in [-0.15, -0.1) is 0 Å². The molecule has 0 saturated heterocycles. The molecule has 92 valence electrons. The number of rotatable bonds is 2. The zero-order valence-corrected chi connectivity index (χ0v) is 10.5. The number of aromatic nitrogens is 3. The van der Waals surface area contributed by atoms with Crippen molar-refractivity contribution >= 4 is 23.6 Å². The Morgan fingerprint density at radius 2 is 2.44 bits per heavy atom. The number of nitrogens with zero attached hydrogens (tertiary/aromatic N) is 3. The van der Waals surface area contributed by atoms with Gasteiger partial charge in [0.25, 0.3) is 0 Å². The Kier molecular flexibility index (Phi) is 2.56. The third kappa shape index (κ3) is 1.59. The van der Waals surface area contributed by atoms with E-state index >= 15 is 0 Å². The molecule has 1 unspecified atom stereocenters. The molecule has 6 heteroatoms. The number of aldehydes is 1. The van der Waals surface area contributed by atoms with Crippen LogP contribution in [0.25, 0.3) is 0 Å². The normalized spacial score (nSPS) is 17.9. The van der Waals surface area contributed by atoms with E-state index in [0.29, 0.717) is 11.7 Å². The molecule has 18 heavy (non-hydrogen) atoms. The SMILES string of the molecule is Cc1cc2c(nc1Cl)CN(c1cn[nH]c1)C2C=O. The van der Waals surface area contributed by atoms with Crippen LogP contribution in [-0.2, 0) is 11.3 Å². The van der Waals surface area contributed by atoms with Gasteiger partial charge in [0.15, 0.2) is 0 Å². The largest absolute Gasteiger partial charge is 0.349 e. The number of anilines is 1. The maximum Gasteiger partial charge on any atom is 0.147 e. The molecule has 0 bridgehead atoms. The van der Waals surface area contributed by atoms with Crippen molar-refractivity contribution in [3.63, 3.8) is 0 Å². The van der Waals surface area contributed by atoms with Gasteiger partial charge in [-0.05, 0) is 18.6 Å². The van der Waals surface area contributed by atoms with Crippen LogP contribution in [0.5, 0.6) is 0 Å². The number of aromatic amines is 1. The number of fused-ring (bicyclic) bond motifs is 1. The lowest BCUT2D eigenvalue weighted by atomic mass is 10.1. The minimum atomic E-state index is -0.318. The number of H-pyrrole nitrogens is 1. The third-order valence-electron chi connectivity index (χ3n) is 3.18. The summed E-state index contributed by atoms with van der Waals surface area (Å²) in [5, 5.41) is 7.14. The van der Waals surface area contributed by atoms with E-state index in [1.54, 1.807) is 12.4 Å². The number of hydrogen-bond donors (Lipinski definition) is 1. The highest BCUT2D eigenvalue weighted by molar-refractivity contribution is 6.30. The summed E-state index contributed by atoms with van der Waals surface area (Å²) in [5.74, 6) is 0. The second kappa shape index (κ2) is 4.10. The van der Waals surface area contributed by atoms with Crippen LogP contribution in [0, 0.1) is 6.92 Å². The van der Waals surface area contributed by atoms with Gasteiger partial charge in [0.05, 0.1) is 24.1 Å². The summed E-state index contributed by atoms with van der Waals surface area (Å²) in [4.78, 5) is 17.6. The summed E-state index contributed by atoms with van der Waals surface area (Å²) in [6.45, 7) is 2.45. The second-order valence-corrected chi connectivity index (χ2v) is 4.66. The van der Waals surface area contributed by atoms with Crippen LogP contribution in [0.3, 0.4) is 0 Å². The van der Waals surface area contributed by atoms with Crippen LogP contribution in [0.15, 0.2) is 18.5 Å². The molecule has 1 aliphatic heterocycles. The van der Waals surface area contributed by atoms with Crippen molar-refractivity contribution in [1.82, 2.24) is 15.2 Å². The summed E-state index contributed by atoms with van der Waals surface area (Å²) >= 11 is 6.02. The highest BCUT2D eigenvalue weighted by Gasteiger charge is 2.32. The predicted molar refractivity (Wildman–Crippen MR) is 67.6 cm³/mol. The van der Waals surface area contributed by atoms with E-state index in [9.17, 15) is 4.79 Å². The topological polar surface area (TPSA) is 61.9 Å². The molecule has 2 aromatic rings. The quantitative estimate of drug-likeness (QED) is 0.664. The maximum absolute atomic E-state index is 11.3. The van der Waals surface area contributed by atoms with E-state index in [2.05, 4.69) is 15.2 Å². The highest BCUT2D eigenvalue weighted by atomic mass is 35.5. The summed E-state index contributed by atoms with van der Waals surface area (Å²) in [5.41, 5.74) is 3.53. The highest BCUT2D eigenvalue weighted by Crippen LogP contribution is 2.36. The Labute approximate surface area is 109 Å². The Morgan fingerprint density at radius 3 is 3.11 bits per heavy atom. The Hall–Kier alpha value is -1.88. The van der Waals surface area contributed by atoms with Crippen molar-refractivity contribution < 1.29 is 4.79 Å². The van der Waals surface area contributed by atoms with Gasteiger partial charge in [-0.3, -0.25) is 5.10 Å². The van der Waals surface area contributed by atoms with Crippen molar-refractivity contribution in [3.8, 4) is 0 Å². The van der Waals surface area contributed by atoms with Crippen LogP contribution in [0.2, 0.25) is 5.15 Å². The number of pyridine rings is 1. The molecule has 1 N–H and O–H groups in total.